The van der Waals surface area contributed by atoms with Gasteiger partial charge in [-0.3, -0.25) is 4.79 Å². The summed E-state index contributed by atoms with van der Waals surface area (Å²) in [6.07, 6.45) is 3.14. The Kier molecular flexibility index (Phi) is 7.13. The van der Waals surface area contributed by atoms with Crippen molar-refractivity contribution in [2.75, 3.05) is 19.5 Å². The summed E-state index contributed by atoms with van der Waals surface area (Å²) in [5.74, 6) is 1.69. The third-order valence-electron chi connectivity index (χ3n) is 2.82. The Morgan fingerprint density at radius 2 is 2.33 bits per heavy atom. The highest BCUT2D eigenvalue weighted by atomic mass is 35.5. The molecule has 1 unspecified atom stereocenters. The minimum Gasteiger partial charge on any atom is -0.495 e. The van der Waals surface area contributed by atoms with E-state index >= 15 is 0 Å². The lowest BCUT2D eigenvalue weighted by Crippen LogP contribution is -2.29. The molecule has 1 rings (SSSR count). The summed E-state index contributed by atoms with van der Waals surface area (Å²) in [6.45, 7) is 2.83. The van der Waals surface area contributed by atoms with Gasteiger partial charge in [-0.05, 0) is 30.2 Å². The predicted octanol–water partition coefficient (Wildman–Crippen LogP) is 3.53. The highest BCUT2D eigenvalue weighted by Gasteiger charge is 2.15. The number of thiophene rings is 1. The molecule has 0 aliphatic rings. The number of ether oxygens (including phenoxy) is 1. The van der Waals surface area contributed by atoms with Crippen molar-refractivity contribution < 1.29 is 9.53 Å². The Bertz CT molecular complexity index is 362. The fraction of sp³-hybridized carbons (Fsp3) is 0.615. The smallest absolute Gasteiger partial charge is 0.265 e. The van der Waals surface area contributed by atoms with Gasteiger partial charge in [0.25, 0.3) is 5.91 Å². The molecule has 0 fully saturated rings. The molecule has 1 N–H and O–H groups in total. The lowest BCUT2D eigenvalue weighted by atomic mass is 10.0. The van der Waals surface area contributed by atoms with E-state index in [1.165, 1.54) is 11.3 Å². The monoisotopic (exact) mass is 289 g/mol. The van der Waals surface area contributed by atoms with E-state index in [2.05, 4.69) is 12.2 Å². The molecule has 5 heteroatoms. The molecule has 0 saturated heterocycles. The molecule has 1 aromatic heterocycles. The first kappa shape index (κ1) is 15.3. The van der Waals surface area contributed by atoms with Crippen molar-refractivity contribution in [3.63, 3.8) is 0 Å². The van der Waals surface area contributed by atoms with E-state index in [0.29, 0.717) is 29.0 Å². The highest BCUT2D eigenvalue weighted by Crippen LogP contribution is 2.24. The maximum Gasteiger partial charge on any atom is 0.265 e. The minimum absolute atomic E-state index is 0.0578. The Balaban J connectivity index is 2.49. The second-order valence-electron chi connectivity index (χ2n) is 4.16. The van der Waals surface area contributed by atoms with E-state index in [1.54, 1.807) is 7.11 Å². The standard InChI is InChI=1S/C13H20ClNO2S/c1-3-4-10(5-7-14)9-15-13(16)12-11(17-2)6-8-18-12/h6,8,10H,3-5,7,9H2,1-2H3,(H,15,16). The first-order valence-corrected chi connectivity index (χ1v) is 7.60. The van der Waals surface area contributed by atoms with Crippen LogP contribution in [0.25, 0.3) is 0 Å². The Labute approximate surface area is 117 Å². The Morgan fingerprint density at radius 3 is 2.94 bits per heavy atom. The van der Waals surface area contributed by atoms with Gasteiger partial charge in [-0.1, -0.05) is 13.3 Å². The normalized spacial score (nSPS) is 12.2. The second kappa shape index (κ2) is 8.38. The maximum atomic E-state index is 12.0. The van der Waals surface area contributed by atoms with Crippen LogP contribution in [0.5, 0.6) is 5.75 Å². The number of carbonyl (C=O) groups is 1. The second-order valence-corrected chi connectivity index (χ2v) is 5.45. The van der Waals surface area contributed by atoms with E-state index in [0.717, 1.165) is 19.3 Å². The SMILES string of the molecule is CCCC(CCCl)CNC(=O)c1sccc1OC. The topological polar surface area (TPSA) is 38.3 Å². The number of hydrogen-bond acceptors (Lipinski definition) is 3. The van der Waals surface area contributed by atoms with Gasteiger partial charge in [0, 0.05) is 12.4 Å². The number of alkyl halides is 1. The number of methoxy groups -OCH3 is 1. The van der Waals surface area contributed by atoms with Gasteiger partial charge in [0.15, 0.2) is 0 Å². The number of halogens is 1. The zero-order valence-electron chi connectivity index (χ0n) is 10.9. The van der Waals surface area contributed by atoms with Crippen LogP contribution in [0.4, 0.5) is 0 Å². The number of amides is 1. The van der Waals surface area contributed by atoms with E-state index in [9.17, 15) is 4.79 Å². The average molecular weight is 290 g/mol. The number of rotatable bonds is 8. The van der Waals surface area contributed by atoms with Gasteiger partial charge in [-0.2, -0.15) is 0 Å². The first-order valence-electron chi connectivity index (χ1n) is 6.18. The minimum atomic E-state index is -0.0578. The van der Waals surface area contributed by atoms with Crippen LogP contribution in [-0.4, -0.2) is 25.4 Å². The van der Waals surface area contributed by atoms with Crippen molar-refractivity contribution >= 4 is 28.8 Å². The summed E-state index contributed by atoms with van der Waals surface area (Å²) in [7, 11) is 1.58. The van der Waals surface area contributed by atoms with E-state index < -0.39 is 0 Å². The molecule has 0 radical (unpaired) electrons. The van der Waals surface area contributed by atoms with Crippen molar-refractivity contribution in [2.45, 2.75) is 26.2 Å². The molecule has 1 atom stereocenters. The van der Waals surface area contributed by atoms with Gasteiger partial charge in [-0.25, -0.2) is 0 Å². The zero-order chi connectivity index (χ0) is 13.4. The van der Waals surface area contributed by atoms with Crippen LogP contribution in [0.3, 0.4) is 0 Å². The van der Waals surface area contributed by atoms with Gasteiger partial charge in [-0.15, -0.1) is 22.9 Å². The lowest BCUT2D eigenvalue weighted by molar-refractivity contribution is 0.0947. The Hall–Kier alpha value is -0.740. The first-order chi connectivity index (χ1) is 8.72. The summed E-state index contributed by atoms with van der Waals surface area (Å²) >= 11 is 7.16. The molecule has 3 nitrogen and oxygen atoms in total. The molecule has 1 amide bonds. The molecule has 18 heavy (non-hydrogen) atoms. The van der Waals surface area contributed by atoms with Crippen molar-refractivity contribution in [1.82, 2.24) is 5.32 Å². The molecule has 0 aromatic carbocycles. The van der Waals surface area contributed by atoms with Gasteiger partial charge in [0.2, 0.25) is 0 Å². The quantitative estimate of drug-likeness (QED) is 0.744. The number of hydrogen-bond donors (Lipinski definition) is 1. The lowest BCUT2D eigenvalue weighted by Gasteiger charge is -2.15. The van der Waals surface area contributed by atoms with Gasteiger partial charge in [0.1, 0.15) is 10.6 Å². The molecule has 102 valence electrons. The molecule has 0 saturated carbocycles. The number of carbonyl (C=O) groups excluding carboxylic acids is 1. The van der Waals surface area contributed by atoms with Gasteiger partial charge in [0.05, 0.1) is 7.11 Å². The highest BCUT2D eigenvalue weighted by molar-refractivity contribution is 7.12. The number of nitrogens with one attached hydrogen (secondary N) is 1. The summed E-state index contributed by atoms with van der Waals surface area (Å²) in [4.78, 5) is 12.6. The largest absolute Gasteiger partial charge is 0.495 e. The van der Waals surface area contributed by atoms with Crippen LogP contribution < -0.4 is 10.1 Å². The fourth-order valence-corrected chi connectivity index (χ4v) is 2.94. The van der Waals surface area contributed by atoms with E-state index in [-0.39, 0.29) is 5.91 Å². The Morgan fingerprint density at radius 1 is 1.56 bits per heavy atom. The van der Waals surface area contributed by atoms with E-state index in [1.807, 2.05) is 11.4 Å². The summed E-state index contributed by atoms with van der Waals surface area (Å²) in [5.41, 5.74) is 0. The molecule has 1 aromatic rings. The van der Waals surface area contributed by atoms with Crippen molar-refractivity contribution in [1.29, 1.82) is 0 Å². The summed E-state index contributed by atoms with van der Waals surface area (Å²) in [6, 6.07) is 1.81. The maximum absolute atomic E-state index is 12.0. The van der Waals surface area contributed by atoms with Crippen molar-refractivity contribution in [3.05, 3.63) is 16.3 Å². The average Bonchev–Trinajstić information content (AvgIpc) is 2.84. The van der Waals surface area contributed by atoms with Crippen LogP contribution in [-0.2, 0) is 0 Å². The van der Waals surface area contributed by atoms with E-state index in [4.69, 9.17) is 16.3 Å². The molecule has 0 aliphatic carbocycles. The zero-order valence-corrected chi connectivity index (χ0v) is 12.4. The van der Waals surface area contributed by atoms with Crippen LogP contribution in [0.1, 0.15) is 35.9 Å². The van der Waals surface area contributed by atoms with Crippen LogP contribution in [0, 0.1) is 5.92 Å². The summed E-state index contributed by atoms with van der Waals surface area (Å²) < 4.78 is 5.14. The van der Waals surface area contributed by atoms with Crippen LogP contribution in [0.15, 0.2) is 11.4 Å². The fourth-order valence-electron chi connectivity index (χ4n) is 1.85. The van der Waals surface area contributed by atoms with Crippen LogP contribution in [0.2, 0.25) is 0 Å². The van der Waals surface area contributed by atoms with Crippen molar-refractivity contribution in [2.24, 2.45) is 5.92 Å². The molecular weight excluding hydrogens is 270 g/mol. The molecular formula is C13H20ClNO2S. The van der Waals surface area contributed by atoms with Crippen LogP contribution >= 0.6 is 22.9 Å². The molecule has 1 heterocycles. The van der Waals surface area contributed by atoms with Crippen molar-refractivity contribution in [3.8, 4) is 5.75 Å². The molecule has 0 bridgehead atoms. The third kappa shape index (κ3) is 4.50. The molecule has 0 aliphatic heterocycles. The summed E-state index contributed by atoms with van der Waals surface area (Å²) in [5, 5.41) is 4.82. The predicted molar refractivity (Wildman–Crippen MR) is 76.9 cm³/mol. The van der Waals surface area contributed by atoms with Gasteiger partial charge >= 0.3 is 0 Å². The molecule has 0 spiro atoms. The third-order valence-corrected chi connectivity index (χ3v) is 3.93. The van der Waals surface area contributed by atoms with Gasteiger partial charge < -0.3 is 10.1 Å².